The van der Waals surface area contributed by atoms with Crippen molar-refractivity contribution in [2.45, 2.75) is 51.0 Å². The van der Waals surface area contributed by atoms with Gasteiger partial charge in [-0.15, -0.1) is 0 Å². The van der Waals surface area contributed by atoms with Gasteiger partial charge in [0.25, 0.3) is 0 Å². The average Bonchev–Trinajstić information content (AvgIpc) is 3.18. The summed E-state index contributed by atoms with van der Waals surface area (Å²) < 4.78 is 26.0. The summed E-state index contributed by atoms with van der Waals surface area (Å²) in [6.45, 7) is 8.26. The van der Waals surface area contributed by atoms with Crippen molar-refractivity contribution in [2.75, 3.05) is 41.7 Å². The highest BCUT2D eigenvalue weighted by atomic mass is 35.5. The van der Waals surface area contributed by atoms with Crippen molar-refractivity contribution in [1.82, 2.24) is 4.90 Å². The zero-order valence-electron chi connectivity index (χ0n) is 20.5. The van der Waals surface area contributed by atoms with E-state index in [1.807, 2.05) is 39.0 Å². The molecule has 0 aromatic heterocycles. The topological polar surface area (TPSA) is 78.0 Å². The zero-order chi connectivity index (χ0) is 25.3. The van der Waals surface area contributed by atoms with Gasteiger partial charge in [0.05, 0.1) is 10.6 Å². The molecule has 2 aromatic rings. The number of hydrogen-bond donors (Lipinski definition) is 0. The Morgan fingerprint density at radius 2 is 1.71 bits per heavy atom. The minimum atomic E-state index is -3.62. The molecule has 0 radical (unpaired) electrons. The van der Waals surface area contributed by atoms with E-state index >= 15 is 0 Å². The molecule has 35 heavy (non-hydrogen) atoms. The van der Waals surface area contributed by atoms with Gasteiger partial charge in [0.1, 0.15) is 0 Å². The van der Waals surface area contributed by atoms with Crippen molar-refractivity contribution in [3.63, 3.8) is 0 Å². The molecular weight excluding hydrogens is 486 g/mol. The fraction of sp³-hybridized carbons (Fsp3) is 0.462. The third kappa shape index (κ3) is 5.33. The van der Waals surface area contributed by atoms with Crippen LogP contribution in [-0.2, 0) is 25.8 Å². The van der Waals surface area contributed by atoms with Gasteiger partial charge < -0.3 is 14.7 Å². The fourth-order valence-corrected chi connectivity index (χ4v) is 6.41. The summed E-state index contributed by atoms with van der Waals surface area (Å²) in [6.07, 6.45) is 0.977. The molecule has 1 saturated heterocycles. The second kappa shape index (κ2) is 10.2. The summed E-state index contributed by atoms with van der Waals surface area (Å²) >= 11 is 6.15. The Morgan fingerprint density at radius 3 is 2.40 bits per heavy atom. The number of halogens is 1. The first kappa shape index (κ1) is 25.5. The van der Waals surface area contributed by atoms with E-state index in [4.69, 9.17) is 11.6 Å². The summed E-state index contributed by atoms with van der Waals surface area (Å²) in [5, 5.41) is 0.681. The zero-order valence-corrected chi connectivity index (χ0v) is 22.0. The van der Waals surface area contributed by atoms with Gasteiger partial charge in [0.15, 0.2) is 9.84 Å². The van der Waals surface area contributed by atoms with Crippen molar-refractivity contribution in [3.05, 3.63) is 52.5 Å². The fourth-order valence-electron chi connectivity index (χ4n) is 4.97. The molecule has 188 valence electrons. The number of carbonyl (C=O) groups is 2. The number of sulfone groups is 1. The molecule has 0 unspecified atom stereocenters. The SMILES string of the molecule is CCC(=O)N1c2ccc(S(=O)(=O)CCC(=O)N3CCN(c4cc(Cl)ccc4C)CC3)cc2C[C@H]1C. The molecule has 2 aliphatic rings. The summed E-state index contributed by atoms with van der Waals surface area (Å²) in [5.74, 6) is -0.348. The Hall–Kier alpha value is -2.58. The van der Waals surface area contributed by atoms with Gasteiger partial charge in [-0.2, -0.15) is 0 Å². The lowest BCUT2D eigenvalue weighted by atomic mass is 10.1. The van der Waals surface area contributed by atoms with Crippen molar-refractivity contribution in [1.29, 1.82) is 0 Å². The number of rotatable bonds is 6. The van der Waals surface area contributed by atoms with Crippen LogP contribution in [0.3, 0.4) is 0 Å². The van der Waals surface area contributed by atoms with E-state index in [9.17, 15) is 18.0 Å². The molecule has 2 aliphatic heterocycles. The standard InChI is InChI=1S/C26H32ClN3O4S/c1-4-25(31)30-19(3)15-20-16-22(7-8-23(20)30)35(33,34)14-9-26(32)29-12-10-28(11-13-29)24-17-21(27)6-5-18(24)2/h5-8,16-17,19H,4,9-15H2,1-3H3/t19-/m1/s1. The van der Waals surface area contributed by atoms with Crippen LogP contribution in [-0.4, -0.2) is 63.1 Å². The predicted molar refractivity (Wildman–Crippen MR) is 139 cm³/mol. The lowest BCUT2D eigenvalue weighted by Gasteiger charge is -2.37. The molecule has 0 bridgehead atoms. The molecule has 4 rings (SSSR count). The Kier molecular flexibility index (Phi) is 7.43. The van der Waals surface area contributed by atoms with Crippen LogP contribution in [0.1, 0.15) is 37.8 Å². The quantitative estimate of drug-likeness (QED) is 0.581. The minimum absolute atomic E-state index is 0.00588. The number of nitrogens with zero attached hydrogens (tertiary/aromatic N) is 3. The number of fused-ring (bicyclic) bond motifs is 1. The van der Waals surface area contributed by atoms with Gasteiger partial charge in [-0.25, -0.2) is 8.42 Å². The van der Waals surface area contributed by atoms with Gasteiger partial charge in [0, 0.05) is 61.5 Å². The van der Waals surface area contributed by atoms with E-state index < -0.39 is 9.84 Å². The first-order chi connectivity index (χ1) is 16.6. The Balaban J connectivity index is 1.36. The van der Waals surface area contributed by atoms with Gasteiger partial charge in [0.2, 0.25) is 11.8 Å². The Labute approximate surface area is 212 Å². The Bertz CT molecular complexity index is 1240. The van der Waals surface area contributed by atoms with Crippen molar-refractivity contribution in [2.24, 2.45) is 0 Å². The lowest BCUT2D eigenvalue weighted by Crippen LogP contribution is -2.49. The molecule has 7 nitrogen and oxygen atoms in total. The second-order valence-electron chi connectivity index (χ2n) is 9.33. The monoisotopic (exact) mass is 517 g/mol. The third-order valence-electron chi connectivity index (χ3n) is 6.93. The van der Waals surface area contributed by atoms with Gasteiger partial charge in [-0.3, -0.25) is 9.59 Å². The minimum Gasteiger partial charge on any atom is -0.368 e. The maximum atomic E-state index is 13.0. The molecule has 1 atom stereocenters. The number of carbonyl (C=O) groups excluding carboxylic acids is 2. The van der Waals surface area contributed by atoms with Gasteiger partial charge in [-0.05, 0) is 61.7 Å². The molecule has 2 amide bonds. The molecule has 0 saturated carbocycles. The molecular formula is C26H32ClN3O4S. The molecule has 0 spiro atoms. The highest BCUT2D eigenvalue weighted by Crippen LogP contribution is 2.34. The molecule has 0 aliphatic carbocycles. The van der Waals surface area contributed by atoms with E-state index in [1.165, 1.54) is 0 Å². The van der Waals surface area contributed by atoms with E-state index in [1.54, 1.807) is 28.0 Å². The number of piperazine rings is 1. The third-order valence-corrected chi connectivity index (χ3v) is 8.87. The molecule has 2 aromatic carbocycles. The maximum absolute atomic E-state index is 13.0. The summed E-state index contributed by atoms with van der Waals surface area (Å²) in [4.78, 5) is 31.0. The van der Waals surface area contributed by atoms with Crippen LogP contribution in [0, 0.1) is 6.92 Å². The van der Waals surface area contributed by atoms with Crippen LogP contribution in [0.4, 0.5) is 11.4 Å². The van der Waals surface area contributed by atoms with E-state index in [0.717, 1.165) is 22.5 Å². The van der Waals surface area contributed by atoms with Gasteiger partial charge >= 0.3 is 0 Å². The molecule has 0 N–H and O–H groups in total. The number of amides is 2. The molecule has 9 heteroatoms. The Morgan fingerprint density at radius 1 is 1.00 bits per heavy atom. The smallest absolute Gasteiger partial charge is 0.226 e. The maximum Gasteiger partial charge on any atom is 0.226 e. The van der Waals surface area contributed by atoms with Crippen LogP contribution in [0.5, 0.6) is 0 Å². The number of hydrogen-bond acceptors (Lipinski definition) is 5. The van der Waals surface area contributed by atoms with Crippen LogP contribution >= 0.6 is 11.6 Å². The number of aryl methyl sites for hydroxylation is 1. The first-order valence-electron chi connectivity index (χ1n) is 12.1. The van der Waals surface area contributed by atoms with Crippen LogP contribution in [0.15, 0.2) is 41.3 Å². The second-order valence-corrected chi connectivity index (χ2v) is 11.9. The van der Waals surface area contributed by atoms with Crippen molar-refractivity contribution in [3.8, 4) is 0 Å². The van der Waals surface area contributed by atoms with E-state index in [0.29, 0.717) is 44.0 Å². The number of benzene rings is 2. The van der Waals surface area contributed by atoms with Crippen LogP contribution < -0.4 is 9.80 Å². The predicted octanol–water partition coefficient (Wildman–Crippen LogP) is 3.85. The lowest BCUT2D eigenvalue weighted by molar-refractivity contribution is -0.131. The highest BCUT2D eigenvalue weighted by Gasteiger charge is 2.31. The van der Waals surface area contributed by atoms with E-state index in [2.05, 4.69) is 4.90 Å². The first-order valence-corrected chi connectivity index (χ1v) is 14.1. The van der Waals surface area contributed by atoms with Crippen LogP contribution in [0.2, 0.25) is 5.02 Å². The summed E-state index contributed by atoms with van der Waals surface area (Å²) in [5.41, 5.74) is 3.84. The van der Waals surface area contributed by atoms with Gasteiger partial charge in [-0.1, -0.05) is 24.6 Å². The largest absolute Gasteiger partial charge is 0.368 e. The van der Waals surface area contributed by atoms with Crippen molar-refractivity contribution >= 4 is 44.6 Å². The van der Waals surface area contributed by atoms with E-state index in [-0.39, 0.29) is 34.9 Å². The summed E-state index contributed by atoms with van der Waals surface area (Å²) in [6, 6.07) is 10.7. The normalized spacial score (nSPS) is 18.1. The molecule has 2 heterocycles. The summed E-state index contributed by atoms with van der Waals surface area (Å²) in [7, 11) is -3.62. The highest BCUT2D eigenvalue weighted by molar-refractivity contribution is 7.91. The van der Waals surface area contributed by atoms with Crippen LogP contribution in [0.25, 0.3) is 0 Å². The average molecular weight is 518 g/mol. The number of anilines is 2. The molecule has 1 fully saturated rings. The van der Waals surface area contributed by atoms with Crippen molar-refractivity contribution < 1.29 is 18.0 Å².